The summed E-state index contributed by atoms with van der Waals surface area (Å²) in [5.74, 6) is 0.865. The average Bonchev–Trinajstić information content (AvgIpc) is 3.08. The van der Waals surface area contributed by atoms with Gasteiger partial charge in [-0.25, -0.2) is 4.98 Å². The molecule has 1 aliphatic rings. The first-order chi connectivity index (χ1) is 11.6. The van der Waals surface area contributed by atoms with Crippen LogP contribution in [0.15, 0.2) is 29.8 Å². The van der Waals surface area contributed by atoms with Crippen molar-refractivity contribution < 1.29 is 4.79 Å². The number of anilines is 1. The zero-order valence-electron chi connectivity index (χ0n) is 13.6. The van der Waals surface area contributed by atoms with Gasteiger partial charge in [0.25, 0.3) is 5.91 Å². The van der Waals surface area contributed by atoms with Crippen LogP contribution in [-0.2, 0) is 0 Å². The van der Waals surface area contributed by atoms with E-state index in [9.17, 15) is 4.79 Å². The standard InChI is InChI=1S/C18H18N4OS/c1-10-5-11(2)7-13(6-10)14-8-15(22-21-14)20-18(23)17-16(12-3-4-12)19-9-24-17/h5-9,12H,3-4H2,1-2H3,(H2,20,21,22,23). The Hall–Kier alpha value is -2.47. The minimum Gasteiger partial charge on any atom is -0.304 e. The average molecular weight is 338 g/mol. The number of carbonyl (C=O) groups excluding carboxylic acids is 1. The van der Waals surface area contributed by atoms with Crippen molar-refractivity contribution >= 4 is 23.1 Å². The van der Waals surface area contributed by atoms with Crippen LogP contribution in [0.25, 0.3) is 11.3 Å². The van der Waals surface area contributed by atoms with Gasteiger partial charge in [-0.05, 0) is 38.8 Å². The molecule has 24 heavy (non-hydrogen) atoms. The molecule has 2 N–H and O–H groups in total. The lowest BCUT2D eigenvalue weighted by atomic mass is 10.1. The molecule has 1 aliphatic carbocycles. The smallest absolute Gasteiger partial charge is 0.268 e. The van der Waals surface area contributed by atoms with Crippen LogP contribution in [0.4, 0.5) is 5.82 Å². The lowest BCUT2D eigenvalue weighted by molar-refractivity contribution is 0.102. The largest absolute Gasteiger partial charge is 0.304 e. The quantitative estimate of drug-likeness (QED) is 0.746. The Labute approximate surface area is 144 Å². The molecule has 6 heteroatoms. The summed E-state index contributed by atoms with van der Waals surface area (Å²) >= 11 is 1.39. The number of benzene rings is 1. The molecule has 0 atom stereocenters. The number of hydrogen-bond donors (Lipinski definition) is 2. The molecule has 0 spiro atoms. The molecule has 1 fully saturated rings. The number of thiazole rings is 1. The molecule has 0 bridgehead atoms. The molecule has 0 unspecified atom stereocenters. The Morgan fingerprint density at radius 1 is 1.21 bits per heavy atom. The third-order valence-electron chi connectivity index (χ3n) is 4.12. The number of nitrogens with one attached hydrogen (secondary N) is 2. The second kappa shape index (κ2) is 5.87. The first kappa shape index (κ1) is 15.1. The summed E-state index contributed by atoms with van der Waals surface area (Å²) in [7, 11) is 0. The van der Waals surface area contributed by atoms with Crippen LogP contribution in [0.3, 0.4) is 0 Å². The van der Waals surface area contributed by atoms with Crippen LogP contribution in [0.1, 0.15) is 45.3 Å². The van der Waals surface area contributed by atoms with E-state index < -0.39 is 0 Å². The van der Waals surface area contributed by atoms with Gasteiger partial charge in [0.2, 0.25) is 0 Å². The fraction of sp³-hybridized carbons (Fsp3) is 0.278. The number of aryl methyl sites for hydroxylation is 2. The van der Waals surface area contributed by atoms with Gasteiger partial charge in [0.05, 0.1) is 16.9 Å². The molecule has 0 aliphatic heterocycles. The maximum absolute atomic E-state index is 12.5. The van der Waals surface area contributed by atoms with Crippen molar-refractivity contribution in [3.63, 3.8) is 0 Å². The van der Waals surface area contributed by atoms with Crippen LogP contribution in [0.5, 0.6) is 0 Å². The van der Waals surface area contributed by atoms with Crippen molar-refractivity contribution in [2.24, 2.45) is 0 Å². The van der Waals surface area contributed by atoms with Crippen molar-refractivity contribution in [1.29, 1.82) is 0 Å². The molecular weight excluding hydrogens is 320 g/mol. The summed E-state index contributed by atoms with van der Waals surface area (Å²) in [5.41, 5.74) is 7.03. The second-order valence-electron chi connectivity index (χ2n) is 6.34. The van der Waals surface area contributed by atoms with E-state index in [0.29, 0.717) is 16.6 Å². The van der Waals surface area contributed by atoms with Crippen molar-refractivity contribution in [3.05, 3.63) is 51.5 Å². The van der Waals surface area contributed by atoms with Gasteiger partial charge in [-0.1, -0.05) is 17.2 Å². The topological polar surface area (TPSA) is 70.7 Å². The predicted octanol–water partition coefficient (Wildman–Crippen LogP) is 4.28. The highest BCUT2D eigenvalue weighted by molar-refractivity contribution is 7.12. The molecule has 2 heterocycles. The Morgan fingerprint density at radius 3 is 2.67 bits per heavy atom. The minimum atomic E-state index is -0.127. The second-order valence-corrected chi connectivity index (χ2v) is 7.19. The van der Waals surface area contributed by atoms with Gasteiger partial charge < -0.3 is 5.32 Å². The monoisotopic (exact) mass is 338 g/mol. The SMILES string of the molecule is Cc1cc(C)cc(-c2cc(NC(=O)c3scnc3C3CC3)n[nH]2)c1. The zero-order valence-corrected chi connectivity index (χ0v) is 14.4. The van der Waals surface area contributed by atoms with Crippen molar-refractivity contribution in [2.75, 3.05) is 5.32 Å². The lowest BCUT2D eigenvalue weighted by Gasteiger charge is -2.02. The Bertz CT molecular complexity index is 887. The number of aromatic amines is 1. The molecule has 1 amide bonds. The van der Waals surface area contributed by atoms with Crippen molar-refractivity contribution in [2.45, 2.75) is 32.6 Å². The van der Waals surface area contributed by atoms with Crippen molar-refractivity contribution in [1.82, 2.24) is 15.2 Å². The zero-order chi connectivity index (χ0) is 16.7. The predicted molar refractivity (Wildman–Crippen MR) is 95.5 cm³/mol. The van der Waals surface area contributed by atoms with E-state index in [1.54, 1.807) is 5.51 Å². The summed E-state index contributed by atoms with van der Waals surface area (Å²) in [6, 6.07) is 8.19. The van der Waals surface area contributed by atoms with Crippen molar-refractivity contribution in [3.8, 4) is 11.3 Å². The minimum absolute atomic E-state index is 0.127. The number of aromatic nitrogens is 3. The van der Waals surface area contributed by atoms with Gasteiger partial charge in [0.15, 0.2) is 5.82 Å². The van der Waals surface area contributed by atoms with Crippen LogP contribution >= 0.6 is 11.3 Å². The van der Waals surface area contributed by atoms with Crippen LogP contribution < -0.4 is 5.32 Å². The first-order valence-electron chi connectivity index (χ1n) is 7.99. The Morgan fingerprint density at radius 2 is 1.96 bits per heavy atom. The number of hydrogen-bond acceptors (Lipinski definition) is 4. The molecule has 2 aromatic heterocycles. The molecule has 4 rings (SSSR count). The summed E-state index contributed by atoms with van der Waals surface area (Å²) < 4.78 is 0. The van der Waals surface area contributed by atoms with E-state index >= 15 is 0 Å². The normalized spacial score (nSPS) is 13.9. The molecule has 3 aromatic rings. The van der Waals surface area contributed by atoms with E-state index in [-0.39, 0.29) is 5.91 Å². The van der Waals surface area contributed by atoms with E-state index in [1.165, 1.54) is 22.5 Å². The number of carbonyl (C=O) groups is 1. The third kappa shape index (κ3) is 2.97. The van der Waals surface area contributed by atoms with Gasteiger partial charge >= 0.3 is 0 Å². The Kier molecular flexibility index (Phi) is 3.69. The van der Waals surface area contributed by atoms with Gasteiger partial charge in [0, 0.05) is 17.5 Å². The van der Waals surface area contributed by atoms with Crippen LogP contribution in [0, 0.1) is 13.8 Å². The highest BCUT2D eigenvalue weighted by atomic mass is 32.1. The van der Waals surface area contributed by atoms with Crippen LogP contribution in [0.2, 0.25) is 0 Å². The molecular formula is C18H18N4OS. The summed E-state index contributed by atoms with van der Waals surface area (Å²) in [6.45, 7) is 4.14. The first-order valence-corrected chi connectivity index (χ1v) is 8.87. The summed E-state index contributed by atoms with van der Waals surface area (Å²) in [4.78, 5) is 17.5. The van der Waals surface area contributed by atoms with E-state index in [2.05, 4.69) is 52.5 Å². The van der Waals surface area contributed by atoms with Crippen LogP contribution in [-0.4, -0.2) is 21.1 Å². The molecule has 0 radical (unpaired) electrons. The maximum atomic E-state index is 12.5. The van der Waals surface area contributed by atoms with E-state index in [4.69, 9.17) is 0 Å². The number of H-pyrrole nitrogens is 1. The summed E-state index contributed by atoms with van der Waals surface area (Å²) in [6.07, 6.45) is 2.26. The highest BCUT2D eigenvalue weighted by Gasteiger charge is 2.30. The molecule has 0 saturated heterocycles. The lowest BCUT2D eigenvalue weighted by Crippen LogP contribution is -2.12. The maximum Gasteiger partial charge on any atom is 0.268 e. The molecule has 1 saturated carbocycles. The van der Waals surface area contributed by atoms with Gasteiger partial charge in [-0.15, -0.1) is 11.3 Å². The van der Waals surface area contributed by atoms with E-state index in [1.807, 2.05) is 6.07 Å². The van der Waals surface area contributed by atoms with E-state index in [0.717, 1.165) is 29.8 Å². The number of rotatable bonds is 4. The fourth-order valence-electron chi connectivity index (χ4n) is 2.91. The van der Waals surface area contributed by atoms with Gasteiger partial charge in [-0.3, -0.25) is 9.89 Å². The van der Waals surface area contributed by atoms with Gasteiger partial charge in [-0.2, -0.15) is 5.10 Å². The Balaban J connectivity index is 1.54. The molecule has 122 valence electrons. The molecule has 5 nitrogen and oxygen atoms in total. The third-order valence-corrected chi connectivity index (χ3v) is 4.96. The highest BCUT2D eigenvalue weighted by Crippen LogP contribution is 2.41. The van der Waals surface area contributed by atoms with Gasteiger partial charge in [0.1, 0.15) is 4.88 Å². The number of nitrogens with zero attached hydrogens (tertiary/aromatic N) is 2. The fourth-order valence-corrected chi connectivity index (χ4v) is 3.68. The molecule has 1 aromatic carbocycles. The summed E-state index contributed by atoms with van der Waals surface area (Å²) in [5, 5.41) is 10.1. The number of amides is 1.